The fourth-order valence-corrected chi connectivity index (χ4v) is 1.59. The van der Waals surface area contributed by atoms with Gasteiger partial charge in [-0.1, -0.05) is 6.92 Å². The molecule has 1 atom stereocenters. The van der Waals surface area contributed by atoms with E-state index >= 15 is 0 Å². The second kappa shape index (κ2) is 5.35. The Balaban J connectivity index is 2.95. The number of pyridine rings is 1. The number of nitrogens with one attached hydrogen (secondary N) is 1. The van der Waals surface area contributed by atoms with E-state index in [0.717, 1.165) is 22.9 Å². The van der Waals surface area contributed by atoms with Crippen molar-refractivity contribution in [1.82, 2.24) is 9.88 Å². The van der Waals surface area contributed by atoms with Crippen molar-refractivity contribution in [2.24, 2.45) is 5.92 Å². The second-order valence-electron chi connectivity index (χ2n) is 4.07. The number of rotatable bonds is 4. The maximum atomic E-state index is 12.5. The van der Waals surface area contributed by atoms with Crippen LogP contribution in [0.3, 0.4) is 0 Å². The predicted molar refractivity (Wildman–Crippen MR) is 58.8 cm³/mol. The second-order valence-corrected chi connectivity index (χ2v) is 4.07. The summed E-state index contributed by atoms with van der Waals surface area (Å²) in [5, 5.41) is 2.91. The SMILES string of the molecule is CNCC(C)Cn1cc(C(F)(F)F)ccc1=O. The largest absolute Gasteiger partial charge is 0.417 e. The van der Waals surface area contributed by atoms with Crippen molar-refractivity contribution in [1.29, 1.82) is 0 Å². The van der Waals surface area contributed by atoms with Crippen LogP contribution >= 0.6 is 0 Å². The van der Waals surface area contributed by atoms with Gasteiger partial charge in [0.15, 0.2) is 0 Å². The van der Waals surface area contributed by atoms with E-state index in [1.165, 1.54) is 0 Å². The molecule has 0 saturated heterocycles. The summed E-state index contributed by atoms with van der Waals surface area (Å²) in [5.41, 5.74) is -1.21. The van der Waals surface area contributed by atoms with E-state index in [4.69, 9.17) is 0 Å². The molecule has 1 heterocycles. The van der Waals surface area contributed by atoms with Crippen molar-refractivity contribution in [2.75, 3.05) is 13.6 Å². The Bertz CT molecular complexity index is 425. The molecule has 3 nitrogen and oxygen atoms in total. The van der Waals surface area contributed by atoms with E-state index in [-0.39, 0.29) is 12.5 Å². The number of aromatic nitrogens is 1. The number of alkyl halides is 3. The zero-order chi connectivity index (χ0) is 13.1. The summed E-state index contributed by atoms with van der Waals surface area (Å²) in [6, 6.07) is 1.76. The van der Waals surface area contributed by atoms with Crippen LogP contribution in [0.25, 0.3) is 0 Å². The molecule has 1 rings (SSSR count). The average molecular weight is 248 g/mol. The van der Waals surface area contributed by atoms with Gasteiger partial charge in [-0.2, -0.15) is 13.2 Å². The van der Waals surface area contributed by atoms with Crippen molar-refractivity contribution in [3.8, 4) is 0 Å². The summed E-state index contributed by atoms with van der Waals surface area (Å²) in [7, 11) is 1.76. The van der Waals surface area contributed by atoms with Gasteiger partial charge in [-0.15, -0.1) is 0 Å². The maximum absolute atomic E-state index is 12.5. The molecule has 1 N–H and O–H groups in total. The molecule has 0 spiro atoms. The molecule has 96 valence electrons. The van der Waals surface area contributed by atoms with Crippen molar-refractivity contribution in [2.45, 2.75) is 19.6 Å². The number of halogens is 3. The summed E-state index contributed by atoms with van der Waals surface area (Å²) >= 11 is 0. The molecule has 0 saturated carbocycles. The molecule has 0 amide bonds. The summed E-state index contributed by atoms with van der Waals surface area (Å²) in [4.78, 5) is 11.4. The number of hydrogen-bond donors (Lipinski definition) is 1. The third-order valence-electron chi connectivity index (χ3n) is 2.37. The lowest BCUT2D eigenvalue weighted by molar-refractivity contribution is -0.138. The van der Waals surface area contributed by atoms with E-state index in [1.54, 1.807) is 7.05 Å². The normalized spacial score (nSPS) is 13.7. The molecule has 1 unspecified atom stereocenters. The van der Waals surface area contributed by atoms with Crippen LogP contribution in [0.2, 0.25) is 0 Å². The Morgan fingerprint density at radius 2 is 2.06 bits per heavy atom. The Hall–Kier alpha value is -1.30. The van der Waals surface area contributed by atoms with Gasteiger partial charge in [-0.3, -0.25) is 4.79 Å². The van der Waals surface area contributed by atoms with Gasteiger partial charge < -0.3 is 9.88 Å². The van der Waals surface area contributed by atoms with Crippen LogP contribution in [0.5, 0.6) is 0 Å². The molecule has 1 aromatic rings. The molecule has 0 aromatic carbocycles. The van der Waals surface area contributed by atoms with Gasteiger partial charge in [0.05, 0.1) is 5.56 Å². The summed E-state index contributed by atoms with van der Waals surface area (Å²) in [6.07, 6.45) is -3.55. The third-order valence-corrected chi connectivity index (χ3v) is 2.37. The molecule has 0 aliphatic carbocycles. The number of nitrogens with zero attached hydrogens (tertiary/aromatic N) is 1. The molecule has 17 heavy (non-hydrogen) atoms. The summed E-state index contributed by atoms with van der Waals surface area (Å²) < 4.78 is 38.5. The van der Waals surface area contributed by atoms with E-state index < -0.39 is 17.3 Å². The van der Waals surface area contributed by atoms with Gasteiger partial charge in [-0.05, 0) is 25.6 Å². The fraction of sp³-hybridized carbons (Fsp3) is 0.545. The quantitative estimate of drug-likeness (QED) is 0.880. The zero-order valence-corrected chi connectivity index (χ0v) is 9.71. The molecule has 6 heteroatoms. The fourth-order valence-electron chi connectivity index (χ4n) is 1.59. The van der Waals surface area contributed by atoms with Crippen molar-refractivity contribution >= 4 is 0 Å². The lowest BCUT2D eigenvalue weighted by atomic mass is 10.1. The topological polar surface area (TPSA) is 34.0 Å². The van der Waals surface area contributed by atoms with Gasteiger partial charge in [0, 0.05) is 18.8 Å². The molecule has 1 aromatic heterocycles. The summed E-state index contributed by atoms with van der Waals surface area (Å²) in [6.45, 7) is 2.77. The molecule has 0 fully saturated rings. The molecule has 0 aliphatic rings. The van der Waals surface area contributed by atoms with Crippen LogP contribution in [0.1, 0.15) is 12.5 Å². The summed E-state index contributed by atoms with van der Waals surface area (Å²) in [5.74, 6) is 0.0844. The molecule has 0 bridgehead atoms. The first-order chi connectivity index (χ1) is 7.84. The molecule has 0 radical (unpaired) electrons. The van der Waals surface area contributed by atoms with Crippen LogP contribution in [-0.2, 0) is 12.7 Å². The van der Waals surface area contributed by atoms with E-state index in [1.807, 2.05) is 6.92 Å². The Labute approximate surface area is 97.3 Å². The van der Waals surface area contributed by atoms with Crippen molar-refractivity contribution in [3.05, 3.63) is 34.2 Å². The highest BCUT2D eigenvalue weighted by molar-refractivity contribution is 5.13. The van der Waals surface area contributed by atoms with E-state index in [2.05, 4.69) is 5.32 Å². The molecule has 0 aliphatic heterocycles. The maximum Gasteiger partial charge on any atom is 0.417 e. The first-order valence-corrected chi connectivity index (χ1v) is 5.27. The third kappa shape index (κ3) is 3.89. The lowest BCUT2D eigenvalue weighted by Crippen LogP contribution is -2.27. The average Bonchev–Trinajstić information content (AvgIpc) is 2.20. The van der Waals surface area contributed by atoms with Crippen LogP contribution in [0.4, 0.5) is 13.2 Å². The Kier molecular flexibility index (Phi) is 4.34. The minimum atomic E-state index is -4.41. The molecular weight excluding hydrogens is 233 g/mol. The van der Waals surface area contributed by atoms with Crippen molar-refractivity contribution < 1.29 is 13.2 Å². The monoisotopic (exact) mass is 248 g/mol. The minimum absolute atomic E-state index is 0.0844. The van der Waals surface area contributed by atoms with Gasteiger partial charge in [0.2, 0.25) is 0 Å². The first kappa shape index (κ1) is 13.8. The smallest absolute Gasteiger partial charge is 0.319 e. The lowest BCUT2D eigenvalue weighted by Gasteiger charge is -2.14. The Morgan fingerprint density at radius 3 is 2.59 bits per heavy atom. The van der Waals surface area contributed by atoms with E-state index in [9.17, 15) is 18.0 Å². The van der Waals surface area contributed by atoms with Gasteiger partial charge in [0.1, 0.15) is 0 Å². The highest BCUT2D eigenvalue weighted by Gasteiger charge is 2.31. The standard InChI is InChI=1S/C11H15F3N2O/c1-8(5-15-2)6-16-7-9(11(12,13)14)3-4-10(16)17/h3-4,7-8,15H,5-6H2,1-2H3. The van der Waals surface area contributed by atoms with Crippen LogP contribution < -0.4 is 10.9 Å². The predicted octanol–water partition coefficient (Wildman–Crippen LogP) is 1.72. The van der Waals surface area contributed by atoms with Crippen molar-refractivity contribution in [3.63, 3.8) is 0 Å². The zero-order valence-electron chi connectivity index (χ0n) is 9.71. The molecular formula is C11H15F3N2O. The highest BCUT2D eigenvalue weighted by Crippen LogP contribution is 2.28. The van der Waals surface area contributed by atoms with Crippen LogP contribution in [-0.4, -0.2) is 18.2 Å². The first-order valence-electron chi connectivity index (χ1n) is 5.27. The Morgan fingerprint density at radius 1 is 1.41 bits per heavy atom. The van der Waals surface area contributed by atoms with Gasteiger partial charge in [-0.25, -0.2) is 0 Å². The van der Waals surface area contributed by atoms with Gasteiger partial charge in [0.25, 0.3) is 5.56 Å². The van der Waals surface area contributed by atoms with E-state index in [0.29, 0.717) is 6.54 Å². The van der Waals surface area contributed by atoms with Crippen LogP contribution in [0, 0.1) is 5.92 Å². The van der Waals surface area contributed by atoms with Gasteiger partial charge >= 0.3 is 6.18 Å². The van der Waals surface area contributed by atoms with Crippen LogP contribution in [0.15, 0.2) is 23.1 Å². The number of hydrogen-bond acceptors (Lipinski definition) is 2. The minimum Gasteiger partial charge on any atom is -0.319 e. The highest BCUT2D eigenvalue weighted by atomic mass is 19.4.